The van der Waals surface area contributed by atoms with E-state index in [9.17, 15) is 19.2 Å². The highest BCUT2D eigenvalue weighted by Gasteiger charge is 2.28. The minimum absolute atomic E-state index is 0.157. The summed E-state index contributed by atoms with van der Waals surface area (Å²) in [5.74, 6) is -0.688. The second kappa shape index (κ2) is 9.46. The Labute approximate surface area is 154 Å². The molecule has 6 nitrogen and oxygen atoms in total. The van der Waals surface area contributed by atoms with Crippen molar-refractivity contribution < 1.29 is 19.2 Å². The fraction of sp³-hybridized carbons (Fsp3) is 0.600. The van der Waals surface area contributed by atoms with Crippen molar-refractivity contribution in [1.82, 2.24) is 9.80 Å². The summed E-state index contributed by atoms with van der Waals surface area (Å²) in [5.41, 5.74) is 1.05. The SMILES string of the molecule is CC1=CC(=O)N(CCCCCCCCCCN2C(=O)C=C(C)C2=O)C1=O. The molecule has 0 bridgehead atoms. The van der Waals surface area contributed by atoms with E-state index in [1.165, 1.54) is 22.0 Å². The summed E-state index contributed by atoms with van der Waals surface area (Å²) in [6.07, 6.45) is 11.0. The first-order valence-corrected chi connectivity index (χ1v) is 9.50. The molecule has 0 N–H and O–H groups in total. The summed E-state index contributed by atoms with van der Waals surface area (Å²) >= 11 is 0. The summed E-state index contributed by atoms with van der Waals surface area (Å²) < 4.78 is 0. The largest absolute Gasteiger partial charge is 0.275 e. The van der Waals surface area contributed by atoms with Crippen LogP contribution >= 0.6 is 0 Å². The predicted octanol–water partition coefficient (Wildman–Crippen LogP) is 2.74. The van der Waals surface area contributed by atoms with Gasteiger partial charge in [-0.2, -0.15) is 0 Å². The maximum absolute atomic E-state index is 11.7. The summed E-state index contributed by atoms with van der Waals surface area (Å²) in [5, 5.41) is 0. The Balaban J connectivity index is 1.43. The van der Waals surface area contributed by atoms with Gasteiger partial charge in [0.05, 0.1) is 0 Å². The third-order valence-corrected chi connectivity index (χ3v) is 4.89. The standard InChI is InChI=1S/C20H28N2O4/c1-15-13-17(23)21(19(15)25)11-9-7-5-3-4-6-8-10-12-22-18(24)14-16(2)20(22)26/h13-14H,3-12H2,1-2H3. The minimum Gasteiger partial charge on any atom is -0.275 e. The third kappa shape index (κ3) is 5.13. The fourth-order valence-corrected chi connectivity index (χ4v) is 3.30. The molecule has 142 valence electrons. The van der Waals surface area contributed by atoms with Crippen LogP contribution in [0.15, 0.2) is 23.3 Å². The second-order valence-electron chi connectivity index (χ2n) is 7.07. The van der Waals surface area contributed by atoms with E-state index in [1.54, 1.807) is 13.8 Å². The summed E-state index contributed by atoms with van der Waals surface area (Å²) in [6, 6.07) is 0. The van der Waals surface area contributed by atoms with Gasteiger partial charge in [0.1, 0.15) is 0 Å². The minimum atomic E-state index is -0.187. The molecule has 0 aromatic heterocycles. The Morgan fingerprint density at radius 3 is 1.15 bits per heavy atom. The molecule has 0 atom stereocenters. The zero-order chi connectivity index (χ0) is 19.1. The lowest BCUT2D eigenvalue weighted by Crippen LogP contribution is -2.31. The van der Waals surface area contributed by atoms with Crippen LogP contribution in [0, 0.1) is 0 Å². The molecule has 0 aromatic rings. The van der Waals surface area contributed by atoms with Crippen molar-refractivity contribution in [2.75, 3.05) is 13.1 Å². The van der Waals surface area contributed by atoms with Crippen LogP contribution in [0.25, 0.3) is 0 Å². The van der Waals surface area contributed by atoms with Gasteiger partial charge in [0.15, 0.2) is 0 Å². The van der Waals surface area contributed by atoms with E-state index in [0.29, 0.717) is 24.2 Å². The molecule has 6 heteroatoms. The van der Waals surface area contributed by atoms with Crippen molar-refractivity contribution in [3.05, 3.63) is 23.3 Å². The van der Waals surface area contributed by atoms with E-state index in [-0.39, 0.29) is 23.6 Å². The van der Waals surface area contributed by atoms with Crippen molar-refractivity contribution in [3.8, 4) is 0 Å². The number of imide groups is 2. The van der Waals surface area contributed by atoms with Crippen molar-refractivity contribution >= 4 is 23.6 Å². The molecule has 0 unspecified atom stereocenters. The van der Waals surface area contributed by atoms with Gasteiger partial charge in [0.25, 0.3) is 23.6 Å². The lowest BCUT2D eigenvalue weighted by Gasteiger charge is -2.14. The molecule has 0 radical (unpaired) electrons. The molecule has 0 saturated carbocycles. The number of carbonyl (C=O) groups excluding carboxylic acids is 4. The van der Waals surface area contributed by atoms with E-state index in [4.69, 9.17) is 0 Å². The second-order valence-corrected chi connectivity index (χ2v) is 7.07. The smallest absolute Gasteiger partial charge is 0.256 e. The molecule has 26 heavy (non-hydrogen) atoms. The van der Waals surface area contributed by atoms with Gasteiger partial charge in [-0.05, 0) is 26.7 Å². The molecule has 0 fully saturated rings. The first kappa shape index (κ1) is 20.1. The van der Waals surface area contributed by atoms with Crippen LogP contribution in [0.5, 0.6) is 0 Å². The molecule has 4 amide bonds. The Kier molecular flexibility index (Phi) is 7.30. The van der Waals surface area contributed by atoms with Crippen molar-refractivity contribution in [2.24, 2.45) is 0 Å². The zero-order valence-electron chi connectivity index (χ0n) is 15.8. The molecule has 0 spiro atoms. The molecule has 0 aromatic carbocycles. The molecule has 2 rings (SSSR count). The average molecular weight is 360 g/mol. The van der Waals surface area contributed by atoms with Crippen LogP contribution in [0.1, 0.15) is 65.2 Å². The molecule has 0 saturated heterocycles. The van der Waals surface area contributed by atoms with Crippen molar-refractivity contribution in [3.63, 3.8) is 0 Å². The zero-order valence-corrected chi connectivity index (χ0v) is 15.8. The van der Waals surface area contributed by atoms with Gasteiger partial charge in [0.2, 0.25) is 0 Å². The number of hydrogen-bond donors (Lipinski definition) is 0. The van der Waals surface area contributed by atoms with Crippen LogP contribution in [-0.2, 0) is 19.2 Å². The van der Waals surface area contributed by atoms with Gasteiger partial charge in [0, 0.05) is 36.4 Å². The van der Waals surface area contributed by atoms with Crippen LogP contribution in [0.4, 0.5) is 0 Å². The number of carbonyl (C=O) groups is 4. The van der Waals surface area contributed by atoms with Crippen molar-refractivity contribution in [1.29, 1.82) is 0 Å². The number of amides is 4. The van der Waals surface area contributed by atoms with E-state index >= 15 is 0 Å². The average Bonchev–Trinajstić information content (AvgIpc) is 2.98. The lowest BCUT2D eigenvalue weighted by atomic mass is 10.1. The van der Waals surface area contributed by atoms with E-state index in [0.717, 1.165) is 51.4 Å². The van der Waals surface area contributed by atoms with Gasteiger partial charge in [-0.3, -0.25) is 29.0 Å². The maximum atomic E-state index is 11.7. The quantitative estimate of drug-likeness (QED) is 0.419. The number of unbranched alkanes of at least 4 members (excludes halogenated alkanes) is 7. The summed E-state index contributed by atoms with van der Waals surface area (Å²) in [4.78, 5) is 49.3. The van der Waals surface area contributed by atoms with E-state index in [1.807, 2.05) is 0 Å². The van der Waals surface area contributed by atoms with Crippen LogP contribution in [0.2, 0.25) is 0 Å². The van der Waals surface area contributed by atoms with Gasteiger partial charge in [-0.15, -0.1) is 0 Å². The number of hydrogen-bond acceptors (Lipinski definition) is 4. The van der Waals surface area contributed by atoms with E-state index in [2.05, 4.69) is 0 Å². The van der Waals surface area contributed by atoms with Gasteiger partial charge in [-0.25, -0.2) is 0 Å². The summed E-state index contributed by atoms with van der Waals surface area (Å²) in [6.45, 7) is 4.37. The Morgan fingerprint density at radius 1 is 0.577 bits per heavy atom. The Hall–Kier alpha value is -2.24. The maximum Gasteiger partial charge on any atom is 0.256 e. The molecule has 0 aliphatic carbocycles. The van der Waals surface area contributed by atoms with Crippen LogP contribution in [-0.4, -0.2) is 46.5 Å². The molecule has 2 aliphatic rings. The number of rotatable bonds is 11. The Bertz CT molecular complexity index is 592. The molecule has 2 heterocycles. The highest BCUT2D eigenvalue weighted by Crippen LogP contribution is 2.16. The molecular formula is C20H28N2O4. The number of nitrogens with zero attached hydrogens (tertiary/aromatic N) is 2. The predicted molar refractivity (Wildman–Crippen MR) is 97.9 cm³/mol. The highest BCUT2D eigenvalue weighted by molar-refractivity contribution is 6.16. The first-order chi connectivity index (χ1) is 12.4. The van der Waals surface area contributed by atoms with Gasteiger partial charge < -0.3 is 0 Å². The highest BCUT2D eigenvalue weighted by atomic mass is 16.2. The lowest BCUT2D eigenvalue weighted by molar-refractivity contribution is -0.138. The van der Waals surface area contributed by atoms with Crippen LogP contribution in [0.3, 0.4) is 0 Å². The van der Waals surface area contributed by atoms with Gasteiger partial charge >= 0.3 is 0 Å². The normalized spacial score (nSPS) is 17.5. The third-order valence-electron chi connectivity index (χ3n) is 4.89. The first-order valence-electron chi connectivity index (χ1n) is 9.50. The van der Waals surface area contributed by atoms with E-state index < -0.39 is 0 Å². The molecule has 2 aliphatic heterocycles. The van der Waals surface area contributed by atoms with Crippen molar-refractivity contribution in [2.45, 2.75) is 65.2 Å². The monoisotopic (exact) mass is 360 g/mol. The van der Waals surface area contributed by atoms with Crippen LogP contribution < -0.4 is 0 Å². The summed E-state index contributed by atoms with van der Waals surface area (Å²) in [7, 11) is 0. The Morgan fingerprint density at radius 2 is 0.885 bits per heavy atom. The van der Waals surface area contributed by atoms with Gasteiger partial charge in [-0.1, -0.05) is 38.5 Å². The fourth-order valence-electron chi connectivity index (χ4n) is 3.30. The molecular weight excluding hydrogens is 332 g/mol. The topological polar surface area (TPSA) is 74.8 Å².